The second-order valence-corrected chi connectivity index (χ2v) is 6.30. The van der Waals surface area contributed by atoms with Gasteiger partial charge in [-0.05, 0) is 37.1 Å². The minimum atomic E-state index is -4.70. The molecule has 1 aliphatic carbocycles. The molecule has 1 heterocycles. The predicted molar refractivity (Wildman–Crippen MR) is 92.5 cm³/mol. The lowest BCUT2D eigenvalue weighted by Gasteiger charge is -2.17. The van der Waals surface area contributed by atoms with Crippen LogP contribution >= 0.6 is 0 Å². The van der Waals surface area contributed by atoms with Crippen molar-refractivity contribution < 1.29 is 27.2 Å². The summed E-state index contributed by atoms with van der Waals surface area (Å²) in [7, 11) is 0. The van der Waals surface area contributed by atoms with E-state index in [-0.39, 0.29) is 23.0 Å². The van der Waals surface area contributed by atoms with Crippen molar-refractivity contribution in [3.63, 3.8) is 0 Å². The number of benzene rings is 1. The Labute approximate surface area is 153 Å². The maximum atomic E-state index is 13.4. The largest absolute Gasteiger partial charge is 0.472 e. The Morgan fingerprint density at radius 3 is 2.44 bits per heavy atom. The molecule has 0 spiro atoms. The van der Waals surface area contributed by atoms with Crippen LogP contribution in [0.25, 0.3) is 0 Å². The minimum absolute atomic E-state index is 0.0205. The van der Waals surface area contributed by atoms with Crippen molar-refractivity contribution in [2.24, 2.45) is 0 Å². The number of hydrogen-bond donors (Lipinski definition) is 3. The SMILES string of the molecule is O=C(Nc1ccc(NC(=O)c2ccoc2)cc1C(F)(F)F)NC1CCCC1. The van der Waals surface area contributed by atoms with E-state index in [1.165, 1.54) is 24.7 Å². The van der Waals surface area contributed by atoms with E-state index in [0.717, 1.165) is 37.8 Å². The molecule has 1 fully saturated rings. The molecule has 3 amide bonds. The number of nitrogens with one attached hydrogen (secondary N) is 3. The van der Waals surface area contributed by atoms with Gasteiger partial charge in [-0.3, -0.25) is 4.79 Å². The summed E-state index contributed by atoms with van der Waals surface area (Å²) < 4.78 is 45.0. The van der Waals surface area contributed by atoms with Gasteiger partial charge in [0.2, 0.25) is 0 Å². The molecule has 1 saturated carbocycles. The number of carbonyl (C=O) groups is 2. The first kappa shape index (κ1) is 18.8. The van der Waals surface area contributed by atoms with Crippen LogP contribution in [0.15, 0.2) is 41.2 Å². The monoisotopic (exact) mass is 381 g/mol. The van der Waals surface area contributed by atoms with Crippen LogP contribution in [-0.4, -0.2) is 18.0 Å². The molecular weight excluding hydrogens is 363 g/mol. The number of alkyl halides is 3. The van der Waals surface area contributed by atoms with E-state index in [1.54, 1.807) is 0 Å². The van der Waals surface area contributed by atoms with Gasteiger partial charge in [0.15, 0.2) is 0 Å². The highest BCUT2D eigenvalue weighted by Crippen LogP contribution is 2.36. The van der Waals surface area contributed by atoms with E-state index in [4.69, 9.17) is 4.42 Å². The lowest BCUT2D eigenvalue weighted by atomic mass is 10.1. The van der Waals surface area contributed by atoms with Crippen LogP contribution in [-0.2, 0) is 6.18 Å². The highest BCUT2D eigenvalue weighted by molar-refractivity contribution is 6.04. The quantitative estimate of drug-likeness (QED) is 0.723. The summed E-state index contributed by atoms with van der Waals surface area (Å²) in [5.74, 6) is -0.600. The van der Waals surface area contributed by atoms with E-state index in [9.17, 15) is 22.8 Å². The molecule has 0 bridgehead atoms. The molecule has 2 aromatic rings. The van der Waals surface area contributed by atoms with Gasteiger partial charge in [0.1, 0.15) is 6.26 Å². The summed E-state index contributed by atoms with van der Waals surface area (Å²) in [6, 6.07) is 3.88. The van der Waals surface area contributed by atoms with Gasteiger partial charge in [0.25, 0.3) is 5.91 Å². The predicted octanol–water partition coefficient (Wildman–Crippen LogP) is 4.61. The summed E-state index contributed by atoms with van der Waals surface area (Å²) in [6.45, 7) is 0. The van der Waals surface area contributed by atoms with Gasteiger partial charge in [0.05, 0.1) is 23.1 Å². The molecule has 144 valence electrons. The lowest BCUT2D eigenvalue weighted by molar-refractivity contribution is -0.136. The number of anilines is 2. The Morgan fingerprint density at radius 2 is 1.81 bits per heavy atom. The number of carbonyl (C=O) groups excluding carboxylic acids is 2. The molecule has 1 aromatic heterocycles. The van der Waals surface area contributed by atoms with Gasteiger partial charge in [-0.1, -0.05) is 12.8 Å². The normalized spacial score (nSPS) is 14.8. The fourth-order valence-corrected chi connectivity index (χ4v) is 2.98. The van der Waals surface area contributed by atoms with Crippen molar-refractivity contribution in [1.29, 1.82) is 0 Å². The topological polar surface area (TPSA) is 83.4 Å². The van der Waals surface area contributed by atoms with Crippen LogP contribution < -0.4 is 16.0 Å². The zero-order valence-corrected chi connectivity index (χ0v) is 14.2. The first-order valence-corrected chi connectivity index (χ1v) is 8.45. The minimum Gasteiger partial charge on any atom is -0.472 e. The average molecular weight is 381 g/mol. The molecule has 0 radical (unpaired) electrons. The maximum Gasteiger partial charge on any atom is 0.418 e. The summed E-state index contributed by atoms with van der Waals surface area (Å²) in [5.41, 5.74) is -1.29. The summed E-state index contributed by atoms with van der Waals surface area (Å²) in [4.78, 5) is 24.0. The Bertz CT molecular complexity index is 813. The number of rotatable bonds is 4. The standard InChI is InChI=1S/C18H18F3N3O3/c19-18(20,21)14-9-13(22-16(25)11-7-8-27-10-11)5-6-15(14)24-17(26)23-12-3-1-2-4-12/h5-10,12H,1-4H2,(H,22,25)(H2,23,24,26). The molecule has 0 unspecified atom stereocenters. The van der Waals surface area contributed by atoms with Crippen molar-refractivity contribution in [1.82, 2.24) is 5.32 Å². The van der Waals surface area contributed by atoms with Crippen LogP contribution in [0.3, 0.4) is 0 Å². The molecule has 3 rings (SSSR count). The van der Waals surface area contributed by atoms with Gasteiger partial charge in [-0.25, -0.2) is 4.79 Å². The fourth-order valence-electron chi connectivity index (χ4n) is 2.98. The maximum absolute atomic E-state index is 13.4. The molecule has 27 heavy (non-hydrogen) atoms. The van der Waals surface area contributed by atoms with E-state index >= 15 is 0 Å². The second-order valence-electron chi connectivity index (χ2n) is 6.30. The van der Waals surface area contributed by atoms with E-state index in [0.29, 0.717) is 0 Å². The molecule has 9 heteroatoms. The zero-order valence-electron chi connectivity index (χ0n) is 14.2. The van der Waals surface area contributed by atoms with E-state index in [2.05, 4.69) is 16.0 Å². The van der Waals surface area contributed by atoms with Crippen molar-refractivity contribution in [3.8, 4) is 0 Å². The summed E-state index contributed by atoms with van der Waals surface area (Å²) in [5, 5.41) is 7.30. The number of halogens is 3. The average Bonchev–Trinajstić information content (AvgIpc) is 3.28. The van der Waals surface area contributed by atoms with Gasteiger partial charge < -0.3 is 20.4 Å². The molecule has 1 aliphatic rings. The van der Waals surface area contributed by atoms with Crippen molar-refractivity contribution >= 4 is 23.3 Å². The highest BCUT2D eigenvalue weighted by atomic mass is 19.4. The van der Waals surface area contributed by atoms with Gasteiger partial charge >= 0.3 is 12.2 Å². The Hall–Kier alpha value is -2.97. The molecular formula is C18H18F3N3O3. The van der Waals surface area contributed by atoms with Gasteiger partial charge in [0, 0.05) is 11.7 Å². The zero-order chi connectivity index (χ0) is 19.4. The molecule has 6 nitrogen and oxygen atoms in total. The highest BCUT2D eigenvalue weighted by Gasteiger charge is 2.34. The van der Waals surface area contributed by atoms with Gasteiger partial charge in [-0.15, -0.1) is 0 Å². The van der Waals surface area contributed by atoms with Crippen molar-refractivity contribution in [3.05, 3.63) is 47.9 Å². The molecule has 0 aliphatic heterocycles. The van der Waals surface area contributed by atoms with Crippen LogP contribution in [0, 0.1) is 0 Å². The van der Waals surface area contributed by atoms with Crippen molar-refractivity contribution in [2.45, 2.75) is 37.9 Å². The number of hydrogen-bond acceptors (Lipinski definition) is 3. The van der Waals surface area contributed by atoms with Crippen LogP contribution in [0.5, 0.6) is 0 Å². The fraction of sp³-hybridized carbons (Fsp3) is 0.333. The third-order valence-electron chi connectivity index (χ3n) is 4.30. The lowest BCUT2D eigenvalue weighted by Crippen LogP contribution is -2.36. The molecule has 0 saturated heterocycles. The van der Waals surface area contributed by atoms with E-state index < -0.39 is 23.7 Å². The first-order chi connectivity index (χ1) is 12.8. The van der Waals surface area contributed by atoms with Crippen LogP contribution in [0.1, 0.15) is 41.6 Å². The molecule has 3 N–H and O–H groups in total. The third-order valence-corrected chi connectivity index (χ3v) is 4.30. The van der Waals surface area contributed by atoms with Crippen molar-refractivity contribution in [2.75, 3.05) is 10.6 Å². The van der Waals surface area contributed by atoms with Gasteiger partial charge in [-0.2, -0.15) is 13.2 Å². The number of urea groups is 1. The van der Waals surface area contributed by atoms with E-state index in [1.807, 2.05) is 0 Å². The number of amides is 3. The summed E-state index contributed by atoms with van der Waals surface area (Å²) in [6.07, 6.45) is 1.38. The Morgan fingerprint density at radius 1 is 1.07 bits per heavy atom. The summed E-state index contributed by atoms with van der Waals surface area (Å²) >= 11 is 0. The number of furan rings is 1. The van der Waals surface area contributed by atoms with Crippen LogP contribution in [0.2, 0.25) is 0 Å². The first-order valence-electron chi connectivity index (χ1n) is 8.45. The third kappa shape index (κ3) is 4.81. The smallest absolute Gasteiger partial charge is 0.418 e. The Balaban J connectivity index is 1.75. The molecule has 0 atom stereocenters. The Kier molecular flexibility index (Phi) is 5.38. The molecule has 1 aromatic carbocycles. The second kappa shape index (κ2) is 7.73. The van der Waals surface area contributed by atoms with Crippen LogP contribution in [0.4, 0.5) is 29.3 Å².